The van der Waals surface area contributed by atoms with Crippen molar-refractivity contribution in [1.82, 2.24) is 4.90 Å². The second-order valence-electron chi connectivity index (χ2n) is 11.7. The van der Waals surface area contributed by atoms with Gasteiger partial charge in [-0.1, -0.05) is 56.1 Å². The Morgan fingerprint density at radius 3 is 2.12 bits per heavy atom. The van der Waals surface area contributed by atoms with Crippen molar-refractivity contribution < 1.29 is 19.6 Å². The summed E-state index contributed by atoms with van der Waals surface area (Å²) in [4.78, 5) is 38.6. The van der Waals surface area contributed by atoms with Crippen LogP contribution in [-0.2, 0) is 6.54 Å². The number of carbonyl (C=O) groups excluding carboxylic acids is 2. The molecule has 0 heterocycles. The molecule has 0 unspecified atom stereocenters. The van der Waals surface area contributed by atoms with Gasteiger partial charge in [-0.2, -0.15) is 0 Å². The fraction of sp³-hybridized carbons (Fsp3) is 0.355. The van der Waals surface area contributed by atoms with Crippen LogP contribution in [0.2, 0.25) is 10.0 Å². The van der Waals surface area contributed by atoms with Crippen LogP contribution >= 0.6 is 23.2 Å². The lowest BCUT2D eigenvalue weighted by atomic mass is 9.71. The summed E-state index contributed by atoms with van der Waals surface area (Å²) in [5, 5.41) is 27.1. The predicted octanol–water partition coefficient (Wildman–Crippen LogP) is 8.50. The quantitative estimate of drug-likeness (QED) is 0.140. The van der Waals surface area contributed by atoms with E-state index in [1.165, 1.54) is 6.07 Å². The molecule has 1 aliphatic rings. The van der Waals surface area contributed by atoms with Gasteiger partial charge in [0, 0.05) is 45.6 Å². The lowest BCUT2D eigenvalue weighted by Crippen LogP contribution is -2.45. The third-order valence-electron chi connectivity index (χ3n) is 7.74. The molecule has 3 aromatic carbocycles. The summed E-state index contributed by atoms with van der Waals surface area (Å²) in [6.07, 6.45) is 3.81. The normalized spacial score (nSPS) is 16.9. The van der Waals surface area contributed by atoms with Gasteiger partial charge in [0.1, 0.15) is 0 Å². The zero-order chi connectivity index (χ0) is 30.6. The molecule has 0 spiro atoms. The van der Waals surface area contributed by atoms with Crippen molar-refractivity contribution in [1.29, 1.82) is 0 Å². The second kappa shape index (κ2) is 13.0. The molecule has 0 aromatic heterocycles. The largest absolute Gasteiger partial charge is 0.502 e. The number of phenols is 1. The van der Waals surface area contributed by atoms with Gasteiger partial charge in [0.05, 0.1) is 4.92 Å². The van der Waals surface area contributed by atoms with Gasteiger partial charge in [0.15, 0.2) is 5.75 Å². The Morgan fingerprint density at radius 1 is 0.929 bits per heavy atom. The van der Waals surface area contributed by atoms with E-state index in [0.29, 0.717) is 33.8 Å². The van der Waals surface area contributed by atoms with Crippen molar-refractivity contribution in [3.8, 4) is 5.75 Å². The van der Waals surface area contributed by atoms with Crippen LogP contribution in [-0.4, -0.2) is 32.9 Å². The summed E-state index contributed by atoms with van der Waals surface area (Å²) >= 11 is 12.3. The Kier molecular flexibility index (Phi) is 9.64. The molecule has 3 amide bonds. The molecule has 0 radical (unpaired) electrons. The molecule has 0 aliphatic heterocycles. The van der Waals surface area contributed by atoms with Gasteiger partial charge in [-0.3, -0.25) is 14.9 Å². The lowest BCUT2D eigenvalue weighted by molar-refractivity contribution is -0.385. The summed E-state index contributed by atoms with van der Waals surface area (Å²) < 4.78 is 0. The molecular formula is C31H34Cl2N4O5. The number of aromatic hydroxyl groups is 1. The molecule has 222 valence electrons. The molecule has 0 atom stereocenters. The molecule has 4 rings (SSSR count). The first-order valence-corrected chi connectivity index (χ1v) is 14.5. The second-order valence-corrected chi connectivity index (χ2v) is 12.6. The van der Waals surface area contributed by atoms with E-state index in [1.54, 1.807) is 42.5 Å². The van der Waals surface area contributed by atoms with Gasteiger partial charge in [-0.25, -0.2) is 4.79 Å². The Morgan fingerprint density at radius 2 is 1.55 bits per heavy atom. The number of anilines is 2. The average Bonchev–Trinajstić information content (AvgIpc) is 2.92. The number of hydrogen-bond acceptors (Lipinski definition) is 5. The van der Waals surface area contributed by atoms with Gasteiger partial charge < -0.3 is 20.6 Å². The van der Waals surface area contributed by atoms with Crippen molar-refractivity contribution >= 4 is 52.2 Å². The fourth-order valence-corrected chi connectivity index (χ4v) is 5.88. The van der Waals surface area contributed by atoms with Crippen LogP contribution < -0.4 is 10.6 Å². The highest BCUT2D eigenvalue weighted by molar-refractivity contribution is 6.35. The van der Waals surface area contributed by atoms with Crippen LogP contribution in [0.15, 0.2) is 60.7 Å². The highest BCUT2D eigenvalue weighted by atomic mass is 35.5. The molecule has 0 saturated heterocycles. The average molecular weight is 614 g/mol. The summed E-state index contributed by atoms with van der Waals surface area (Å²) in [6.45, 7) is 7.10. The third kappa shape index (κ3) is 7.92. The van der Waals surface area contributed by atoms with Crippen molar-refractivity contribution in [2.45, 2.75) is 59.0 Å². The zero-order valence-corrected chi connectivity index (χ0v) is 25.2. The van der Waals surface area contributed by atoms with Crippen molar-refractivity contribution in [3.05, 3.63) is 92.0 Å². The number of carbonyl (C=O) groups is 2. The van der Waals surface area contributed by atoms with E-state index in [-0.39, 0.29) is 23.2 Å². The van der Waals surface area contributed by atoms with Crippen LogP contribution in [0.1, 0.15) is 62.4 Å². The number of phenolic OH excluding ortho intramolecular Hbond substituents is 1. The number of halogens is 2. The molecule has 9 nitrogen and oxygen atoms in total. The number of rotatable bonds is 7. The Bertz CT molecular complexity index is 1440. The van der Waals surface area contributed by atoms with Gasteiger partial charge >= 0.3 is 11.7 Å². The molecule has 1 fully saturated rings. The lowest BCUT2D eigenvalue weighted by Gasteiger charge is -2.41. The highest BCUT2D eigenvalue weighted by Crippen LogP contribution is 2.39. The number of urea groups is 1. The minimum atomic E-state index is -0.724. The maximum Gasteiger partial charge on any atom is 0.322 e. The van der Waals surface area contributed by atoms with Crippen LogP contribution in [0.3, 0.4) is 0 Å². The van der Waals surface area contributed by atoms with E-state index in [2.05, 4.69) is 31.4 Å². The zero-order valence-electron chi connectivity index (χ0n) is 23.7. The molecule has 3 N–H and O–H groups in total. The van der Waals surface area contributed by atoms with Gasteiger partial charge in [0.2, 0.25) is 0 Å². The van der Waals surface area contributed by atoms with E-state index in [9.17, 15) is 24.8 Å². The maximum absolute atomic E-state index is 13.6. The maximum atomic E-state index is 13.6. The molecule has 1 saturated carbocycles. The van der Waals surface area contributed by atoms with E-state index in [4.69, 9.17) is 23.2 Å². The summed E-state index contributed by atoms with van der Waals surface area (Å²) in [5.74, 6) is -0.367. The number of amides is 3. The SMILES string of the molecule is CC(C)(C)C1CCC(N(Cc2ccc(C(=O)Nc3ccc(O)c([N+](=O)[O-])c3)cc2)C(=O)Nc2cc(Cl)cc(Cl)c2)CC1. The van der Waals surface area contributed by atoms with Crippen molar-refractivity contribution in [3.63, 3.8) is 0 Å². The number of benzene rings is 3. The molecule has 42 heavy (non-hydrogen) atoms. The number of nitro groups is 1. The standard InChI is InChI=1S/C31H34Cl2N4O5/c1-31(2,3)21-8-11-26(12-9-21)36(30(40)35-25-15-22(32)14-23(33)16-25)18-19-4-6-20(7-5-19)29(39)34-24-10-13-28(38)27(17-24)37(41)42/h4-7,10,13-17,21,26,38H,8-9,11-12,18H2,1-3H3,(H,34,39)(H,35,40). The number of nitrogens with one attached hydrogen (secondary N) is 2. The van der Waals surface area contributed by atoms with Gasteiger partial charge in [-0.05, 0) is 85.0 Å². The highest BCUT2D eigenvalue weighted by Gasteiger charge is 2.34. The Labute approximate surface area is 255 Å². The van der Waals surface area contributed by atoms with E-state index in [1.807, 2.05) is 4.90 Å². The third-order valence-corrected chi connectivity index (χ3v) is 8.17. The molecular weight excluding hydrogens is 579 g/mol. The summed E-state index contributed by atoms with van der Waals surface area (Å²) in [6, 6.07) is 15.2. The number of nitrogens with zero attached hydrogens (tertiary/aromatic N) is 2. The first-order valence-electron chi connectivity index (χ1n) is 13.7. The van der Waals surface area contributed by atoms with Crippen LogP contribution in [0.25, 0.3) is 0 Å². The van der Waals surface area contributed by atoms with Crippen LogP contribution in [0.4, 0.5) is 21.9 Å². The fourth-order valence-electron chi connectivity index (χ4n) is 5.35. The topological polar surface area (TPSA) is 125 Å². The Balaban J connectivity index is 1.49. The number of nitro benzene ring substituents is 1. The molecule has 1 aliphatic carbocycles. The smallest absolute Gasteiger partial charge is 0.322 e. The molecule has 0 bridgehead atoms. The minimum Gasteiger partial charge on any atom is -0.502 e. The van der Waals surface area contributed by atoms with E-state index < -0.39 is 22.3 Å². The van der Waals surface area contributed by atoms with Crippen molar-refractivity contribution in [2.24, 2.45) is 11.3 Å². The first kappa shape index (κ1) is 31.1. The minimum absolute atomic E-state index is 0.0338. The van der Waals surface area contributed by atoms with Gasteiger partial charge in [0.25, 0.3) is 5.91 Å². The predicted molar refractivity (Wildman–Crippen MR) is 165 cm³/mol. The summed E-state index contributed by atoms with van der Waals surface area (Å²) in [7, 11) is 0. The molecule has 11 heteroatoms. The van der Waals surface area contributed by atoms with E-state index >= 15 is 0 Å². The van der Waals surface area contributed by atoms with Crippen molar-refractivity contribution in [2.75, 3.05) is 10.6 Å². The first-order chi connectivity index (χ1) is 19.8. The van der Waals surface area contributed by atoms with Crippen LogP contribution in [0, 0.1) is 21.4 Å². The molecule has 3 aromatic rings. The Hall–Kier alpha value is -3.82. The van der Waals surface area contributed by atoms with Crippen LogP contribution in [0.5, 0.6) is 5.75 Å². The van der Waals surface area contributed by atoms with E-state index in [0.717, 1.165) is 43.4 Å². The van der Waals surface area contributed by atoms with Gasteiger partial charge in [-0.15, -0.1) is 0 Å². The monoisotopic (exact) mass is 612 g/mol. The number of hydrogen-bond donors (Lipinski definition) is 3. The summed E-state index contributed by atoms with van der Waals surface area (Å²) in [5.41, 5.74) is 1.57.